The number of hydrogen-bond acceptors (Lipinski definition) is 1. The quantitative estimate of drug-likeness (QED) is 0.430. The van der Waals surface area contributed by atoms with E-state index in [9.17, 15) is 4.79 Å². The van der Waals surface area contributed by atoms with Crippen LogP contribution in [0.4, 0.5) is 0 Å². The zero-order valence-electron chi connectivity index (χ0n) is 16.9. The van der Waals surface area contributed by atoms with E-state index in [1.807, 2.05) is 55.6 Å². The average molecular weight is 383 g/mol. The molecule has 0 fully saturated rings. The smallest absolute Gasteiger partial charge is 0.221 e. The second-order valence-electron chi connectivity index (χ2n) is 7.66. The first-order valence-corrected chi connectivity index (χ1v) is 10.1. The first-order valence-electron chi connectivity index (χ1n) is 10.1. The molecule has 3 aromatic carbocycles. The molecule has 1 amide bonds. The normalized spacial score (nSPS) is 13.2. The summed E-state index contributed by atoms with van der Waals surface area (Å²) in [5.74, 6) is 0.0481. The first kappa shape index (κ1) is 19.0. The van der Waals surface area contributed by atoms with E-state index in [0.717, 1.165) is 22.2 Å². The molecule has 4 aromatic rings. The summed E-state index contributed by atoms with van der Waals surface area (Å²) in [4.78, 5) is 16.3. The van der Waals surface area contributed by atoms with Crippen LogP contribution in [0.2, 0.25) is 0 Å². The Morgan fingerprint density at radius 3 is 2.34 bits per heavy atom. The van der Waals surface area contributed by atoms with E-state index in [1.54, 1.807) is 0 Å². The van der Waals surface area contributed by atoms with Crippen LogP contribution in [0.1, 0.15) is 47.6 Å². The van der Waals surface area contributed by atoms with Crippen LogP contribution in [0.3, 0.4) is 0 Å². The highest BCUT2D eigenvalue weighted by Gasteiger charge is 2.22. The SMILES string of the molecule is Cc1ccc([C@H](CC(=O)N[C@H](C)c2ccccc2)c2c[nH]c3ccccc23)cc1. The fraction of sp³-hybridized carbons (Fsp3) is 0.192. The van der Waals surface area contributed by atoms with Crippen LogP contribution in [0, 0.1) is 6.92 Å². The van der Waals surface area contributed by atoms with Gasteiger partial charge in [0, 0.05) is 29.4 Å². The van der Waals surface area contributed by atoms with Gasteiger partial charge in [-0.3, -0.25) is 4.79 Å². The molecule has 0 unspecified atom stereocenters. The van der Waals surface area contributed by atoms with E-state index in [1.165, 1.54) is 10.9 Å². The Hall–Kier alpha value is -3.33. The molecule has 0 saturated heterocycles. The number of rotatable bonds is 6. The zero-order chi connectivity index (χ0) is 20.2. The summed E-state index contributed by atoms with van der Waals surface area (Å²) < 4.78 is 0. The third-order valence-corrected chi connectivity index (χ3v) is 5.54. The molecule has 0 aliphatic heterocycles. The number of fused-ring (bicyclic) bond motifs is 1. The lowest BCUT2D eigenvalue weighted by Crippen LogP contribution is -2.28. The van der Waals surface area contributed by atoms with Crippen molar-refractivity contribution in [1.29, 1.82) is 0 Å². The summed E-state index contributed by atoms with van der Waals surface area (Å²) in [5.41, 5.74) is 5.74. The van der Waals surface area contributed by atoms with Crippen molar-refractivity contribution >= 4 is 16.8 Å². The van der Waals surface area contributed by atoms with Crippen molar-refractivity contribution in [2.45, 2.75) is 32.2 Å². The first-order chi connectivity index (χ1) is 14.1. The van der Waals surface area contributed by atoms with Crippen LogP contribution in [0.25, 0.3) is 10.9 Å². The van der Waals surface area contributed by atoms with Crippen LogP contribution in [-0.2, 0) is 4.79 Å². The van der Waals surface area contributed by atoms with Crippen molar-refractivity contribution in [3.63, 3.8) is 0 Å². The lowest BCUT2D eigenvalue weighted by molar-refractivity contribution is -0.121. The molecule has 0 aliphatic carbocycles. The number of hydrogen-bond donors (Lipinski definition) is 2. The van der Waals surface area contributed by atoms with Gasteiger partial charge in [-0.15, -0.1) is 0 Å². The molecule has 2 atom stereocenters. The number of aryl methyl sites for hydroxylation is 1. The molecule has 1 aromatic heterocycles. The number of H-pyrrole nitrogens is 1. The molecule has 146 valence electrons. The Morgan fingerprint density at radius 2 is 1.59 bits per heavy atom. The summed E-state index contributed by atoms with van der Waals surface area (Å²) in [6, 6.07) is 26.8. The Kier molecular flexibility index (Phi) is 5.48. The van der Waals surface area contributed by atoms with Crippen LogP contribution < -0.4 is 5.32 Å². The van der Waals surface area contributed by atoms with Crippen molar-refractivity contribution in [1.82, 2.24) is 10.3 Å². The number of benzene rings is 3. The predicted molar refractivity (Wildman–Crippen MR) is 119 cm³/mol. The van der Waals surface area contributed by atoms with Crippen molar-refractivity contribution in [3.8, 4) is 0 Å². The lowest BCUT2D eigenvalue weighted by Gasteiger charge is -2.20. The predicted octanol–water partition coefficient (Wildman–Crippen LogP) is 5.88. The van der Waals surface area contributed by atoms with E-state index in [-0.39, 0.29) is 17.9 Å². The zero-order valence-corrected chi connectivity index (χ0v) is 16.9. The number of carbonyl (C=O) groups is 1. The highest BCUT2D eigenvalue weighted by molar-refractivity contribution is 5.86. The number of carbonyl (C=O) groups excluding carboxylic acids is 1. The van der Waals surface area contributed by atoms with Crippen LogP contribution in [0.5, 0.6) is 0 Å². The maximum atomic E-state index is 13.0. The summed E-state index contributed by atoms with van der Waals surface area (Å²) in [5, 5.41) is 4.34. The molecule has 3 nitrogen and oxygen atoms in total. The Labute approximate surface area is 171 Å². The van der Waals surface area contributed by atoms with E-state index in [2.05, 4.69) is 53.6 Å². The van der Waals surface area contributed by atoms with Crippen molar-refractivity contribution in [2.24, 2.45) is 0 Å². The van der Waals surface area contributed by atoms with Gasteiger partial charge in [-0.2, -0.15) is 0 Å². The minimum Gasteiger partial charge on any atom is -0.361 e. The molecule has 1 heterocycles. The summed E-state index contributed by atoms with van der Waals surface area (Å²) in [6.07, 6.45) is 2.45. The van der Waals surface area contributed by atoms with E-state index in [4.69, 9.17) is 0 Å². The van der Waals surface area contributed by atoms with Crippen LogP contribution in [-0.4, -0.2) is 10.9 Å². The molecule has 3 heteroatoms. The molecule has 0 bridgehead atoms. The monoisotopic (exact) mass is 382 g/mol. The topological polar surface area (TPSA) is 44.9 Å². The van der Waals surface area contributed by atoms with Gasteiger partial charge in [-0.1, -0.05) is 78.4 Å². The Bertz CT molecular complexity index is 1100. The van der Waals surface area contributed by atoms with Gasteiger partial charge in [0.15, 0.2) is 0 Å². The van der Waals surface area contributed by atoms with Crippen LogP contribution in [0.15, 0.2) is 85.1 Å². The second kappa shape index (κ2) is 8.36. The van der Waals surface area contributed by atoms with Gasteiger partial charge in [0.2, 0.25) is 5.91 Å². The molecular formula is C26H26N2O. The lowest BCUT2D eigenvalue weighted by atomic mass is 9.87. The number of aromatic nitrogens is 1. The van der Waals surface area contributed by atoms with Gasteiger partial charge < -0.3 is 10.3 Å². The van der Waals surface area contributed by atoms with Gasteiger partial charge in [0.05, 0.1) is 6.04 Å². The van der Waals surface area contributed by atoms with Gasteiger partial charge in [0.25, 0.3) is 0 Å². The minimum atomic E-state index is -0.0228. The maximum absolute atomic E-state index is 13.0. The molecule has 0 aliphatic rings. The number of amides is 1. The highest BCUT2D eigenvalue weighted by Crippen LogP contribution is 2.33. The summed E-state index contributed by atoms with van der Waals surface area (Å²) in [7, 11) is 0. The number of nitrogens with one attached hydrogen (secondary N) is 2. The van der Waals surface area contributed by atoms with Crippen molar-refractivity contribution < 1.29 is 4.79 Å². The van der Waals surface area contributed by atoms with Crippen molar-refractivity contribution in [2.75, 3.05) is 0 Å². The van der Waals surface area contributed by atoms with Crippen molar-refractivity contribution in [3.05, 3.63) is 107 Å². The summed E-state index contributed by atoms with van der Waals surface area (Å²) in [6.45, 7) is 4.11. The molecule has 29 heavy (non-hydrogen) atoms. The molecule has 0 spiro atoms. The van der Waals surface area contributed by atoms with Gasteiger partial charge >= 0.3 is 0 Å². The molecule has 0 radical (unpaired) electrons. The third-order valence-electron chi connectivity index (χ3n) is 5.54. The van der Waals surface area contributed by atoms with E-state index >= 15 is 0 Å². The fourth-order valence-electron chi connectivity index (χ4n) is 3.90. The molecule has 0 saturated carbocycles. The Morgan fingerprint density at radius 1 is 0.897 bits per heavy atom. The number of aromatic amines is 1. The summed E-state index contributed by atoms with van der Waals surface area (Å²) >= 11 is 0. The van der Waals surface area contributed by atoms with Crippen LogP contribution >= 0.6 is 0 Å². The highest BCUT2D eigenvalue weighted by atomic mass is 16.1. The average Bonchev–Trinajstić information content (AvgIpc) is 3.17. The molecule has 4 rings (SSSR count). The maximum Gasteiger partial charge on any atom is 0.221 e. The largest absolute Gasteiger partial charge is 0.361 e. The van der Waals surface area contributed by atoms with E-state index < -0.39 is 0 Å². The van der Waals surface area contributed by atoms with Gasteiger partial charge in [0.1, 0.15) is 0 Å². The second-order valence-corrected chi connectivity index (χ2v) is 7.66. The van der Waals surface area contributed by atoms with E-state index in [0.29, 0.717) is 6.42 Å². The molecular weight excluding hydrogens is 356 g/mol. The van der Waals surface area contributed by atoms with Gasteiger partial charge in [-0.05, 0) is 36.6 Å². The molecule has 2 N–H and O–H groups in total. The minimum absolute atomic E-state index is 0.00489. The third kappa shape index (κ3) is 4.24. The Balaban J connectivity index is 1.62. The fourth-order valence-corrected chi connectivity index (χ4v) is 3.90. The number of para-hydroxylation sites is 1. The standard InChI is InChI=1S/C26H26N2O/c1-18-12-14-21(15-13-18)23(24-17-27-25-11-7-6-10-22(24)25)16-26(29)28-19(2)20-8-4-3-5-9-20/h3-15,17,19,23,27H,16H2,1-2H3,(H,28,29)/t19-,23+/m1/s1. The van der Waals surface area contributed by atoms with Gasteiger partial charge in [-0.25, -0.2) is 0 Å².